The number of aromatic amines is 2. The molecule has 2 aliphatic rings. The predicted molar refractivity (Wildman–Crippen MR) is 312 cm³/mol. The first-order valence-electron chi connectivity index (χ1n) is 29.0. The molecule has 1 saturated carbocycles. The summed E-state index contributed by atoms with van der Waals surface area (Å²) in [5.41, 5.74) is 19.4. The normalized spacial score (nSPS) is 22.2. The number of hydrogen-bond acceptors (Lipinski definition) is 12. The number of aromatic nitrogens is 3. The van der Waals surface area contributed by atoms with Crippen LogP contribution in [-0.4, -0.2) is 142 Å². The van der Waals surface area contributed by atoms with Crippen LogP contribution in [0.15, 0.2) is 78.3 Å². The largest absolute Gasteiger partial charge is 0.370 e. The molecule has 4 aromatic rings. The quantitative estimate of drug-likeness (QED) is 0.0371. The molecule has 1 aliphatic carbocycles. The summed E-state index contributed by atoms with van der Waals surface area (Å²) in [4.78, 5) is 154. The number of aliphatic imine (C=N–C) groups is 1. The molecular weight excluding hydrogens is 1080 g/mol. The molecule has 0 spiro atoms. The first-order valence-corrected chi connectivity index (χ1v) is 29.0. The Balaban J connectivity index is 1.34. The molecule has 26 nitrogen and oxygen atoms in total. The Kier molecular flexibility index (Phi) is 25.5. The number of rotatable bonds is 17. The lowest BCUT2D eigenvalue weighted by atomic mass is 9.85. The van der Waals surface area contributed by atoms with Crippen molar-refractivity contribution >= 4 is 75.9 Å². The number of benzene rings is 2. The van der Waals surface area contributed by atoms with Crippen LogP contribution in [0.5, 0.6) is 0 Å². The van der Waals surface area contributed by atoms with E-state index in [4.69, 9.17) is 17.2 Å². The summed E-state index contributed by atoms with van der Waals surface area (Å²) in [5.74, 6) is -7.02. The van der Waals surface area contributed by atoms with Crippen LogP contribution in [0.3, 0.4) is 0 Å². The van der Waals surface area contributed by atoms with E-state index in [1.165, 1.54) is 19.4 Å². The monoisotopic (exact) mass is 1160 g/mol. The van der Waals surface area contributed by atoms with E-state index in [2.05, 4.69) is 67.8 Å². The molecule has 10 amide bonds. The topological polar surface area (TPSA) is 414 Å². The van der Waals surface area contributed by atoms with Crippen LogP contribution in [0.25, 0.3) is 10.9 Å². The SMILES string of the molecule is CC(=O)N[C@@H](CCC1CCCCC1)C(=O)N[C@H]1CC(=O)NCCCC[C@@H](C(N)=O)NC(=O)CCCNC(=O)[C@H](Cc2c[nH]c3ccccc23)NC(=O)[C@H](CCCN=C(N)N)NC(=O)[C@@H](Cc2ccccc2)NC(=O)[C@H](Cc2cnc[nH]2)NC1=O. The van der Waals surface area contributed by atoms with Gasteiger partial charge in [0.15, 0.2) is 5.96 Å². The standard InChI is InChI=1S/C58H82N16O10/c1-35(75)68-44(24-23-36-14-4-2-5-15-36)54(81)74-48-31-50(77)63-25-11-10-20-42(51(59)78)69-49(76)22-13-26-64-52(79)46(29-38-32-66-41-19-9-8-18-40(38)41)72-53(80)43(21-12-27-65-58(60)61)70-55(82)45(28-37-16-6-3-7-17-37)71-56(83)47(73-57(48)84)30-39-33-62-34-67-39/h3,6-9,16-19,32-34,36,42-48,66H,2,4-5,10-15,20-31H2,1H3,(H2,59,78)(H,62,67)(H,63,77)(H,64,79)(H,68,75)(H,69,76)(H,70,82)(H,71,83)(H,72,80)(H,73,84)(H,74,81)(H4,60,61,65)/t42-,43-,44-,45+,46-,47-,48-/m0/s1. The summed E-state index contributed by atoms with van der Waals surface area (Å²) >= 11 is 0. The maximum atomic E-state index is 14.9. The van der Waals surface area contributed by atoms with Crippen molar-refractivity contribution < 1.29 is 47.9 Å². The zero-order valence-electron chi connectivity index (χ0n) is 47.6. The van der Waals surface area contributed by atoms with Gasteiger partial charge in [-0.25, -0.2) is 4.98 Å². The number of amides is 10. The van der Waals surface area contributed by atoms with Crippen molar-refractivity contribution in [2.45, 2.75) is 165 Å². The van der Waals surface area contributed by atoms with Crippen LogP contribution in [0.1, 0.15) is 120 Å². The second kappa shape index (κ2) is 33.3. The molecular formula is C58H82N16O10. The summed E-state index contributed by atoms with van der Waals surface area (Å²) in [6, 6.07) is 6.93. The lowest BCUT2D eigenvalue weighted by molar-refractivity contribution is -0.136. The van der Waals surface area contributed by atoms with Gasteiger partial charge in [0, 0.05) is 81.2 Å². The highest BCUT2D eigenvalue weighted by Gasteiger charge is 2.35. The first kappa shape index (κ1) is 64.3. The van der Waals surface area contributed by atoms with Crippen molar-refractivity contribution in [2.24, 2.45) is 28.1 Å². The van der Waals surface area contributed by atoms with E-state index < -0.39 is 108 Å². The minimum Gasteiger partial charge on any atom is -0.370 e. The van der Waals surface area contributed by atoms with Gasteiger partial charge in [-0.1, -0.05) is 80.6 Å². The van der Waals surface area contributed by atoms with E-state index in [1.807, 2.05) is 24.3 Å². The maximum absolute atomic E-state index is 14.9. The number of imidazole rings is 1. The van der Waals surface area contributed by atoms with E-state index in [0.717, 1.165) is 43.0 Å². The molecule has 6 rings (SSSR count). The summed E-state index contributed by atoms with van der Waals surface area (Å²) < 4.78 is 0. The maximum Gasteiger partial charge on any atom is 0.243 e. The molecule has 2 aromatic carbocycles. The highest BCUT2D eigenvalue weighted by atomic mass is 16.2. The van der Waals surface area contributed by atoms with Gasteiger partial charge in [-0.3, -0.25) is 52.9 Å². The van der Waals surface area contributed by atoms with Crippen LogP contribution in [0.2, 0.25) is 0 Å². The third kappa shape index (κ3) is 21.5. The number of nitrogens with one attached hydrogen (secondary N) is 11. The molecule has 26 heteroatoms. The molecule has 0 bridgehead atoms. The number of H-pyrrole nitrogens is 2. The van der Waals surface area contributed by atoms with E-state index >= 15 is 0 Å². The minimum atomic E-state index is -1.61. The Morgan fingerprint density at radius 1 is 0.667 bits per heavy atom. The van der Waals surface area contributed by atoms with Gasteiger partial charge in [0.05, 0.1) is 12.7 Å². The van der Waals surface area contributed by atoms with Gasteiger partial charge in [-0.05, 0) is 74.5 Å². The van der Waals surface area contributed by atoms with Crippen LogP contribution in [-0.2, 0) is 67.2 Å². The third-order valence-electron chi connectivity index (χ3n) is 14.9. The first-order chi connectivity index (χ1) is 40.4. The van der Waals surface area contributed by atoms with Crippen molar-refractivity contribution in [3.05, 3.63) is 90.1 Å². The number of hydrogen-bond donors (Lipinski definition) is 14. The highest BCUT2D eigenvalue weighted by Crippen LogP contribution is 2.28. The predicted octanol–water partition coefficient (Wildman–Crippen LogP) is -0.182. The molecule has 84 heavy (non-hydrogen) atoms. The average molecular weight is 1160 g/mol. The number of nitrogens with zero attached hydrogens (tertiary/aromatic N) is 2. The van der Waals surface area contributed by atoms with E-state index in [0.29, 0.717) is 42.0 Å². The smallest absolute Gasteiger partial charge is 0.243 e. The fourth-order valence-corrected chi connectivity index (χ4v) is 10.4. The lowest BCUT2D eigenvalue weighted by Crippen LogP contribution is -2.60. The molecule has 0 radical (unpaired) electrons. The van der Waals surface area contributed by atoms with Gasteiger partial charge < -0.3 is 75.0 Å². The van der Waals surface area contributed by atoms with Gasteiger partial charge in [-0.15, -0.1) is 0 Å². The summed E-state index contributed by atoms with van der Waals surface area (Å²) in [5, 5.41) is 25.5. The van der Waals surface area contributed by atoms with Crippen LogP contribution >= 0.6 is 0 Å². The number of fused-ring (bicyclic) bond motifs is 1. The number of nitrogens with two attached hydrogens (primary N) is 3. The van der Waals surface area contributed by atoms with Crippen LogP contribution in [0.4, 0.5) is 0 Å². The van der Waals surface area contributed by atoms with Crippen molar-refractivity contribution in [1.82, 2.24) is 62.8 Å². The third-order valence-corrected chi connectivity index (χ3v) is 14.9. The number of carbonyl (C=O) groups excluding carboxylic acids is 10. The van der Waals surface area contributed by atoms with Crippen molar-refractivity contribution in [2.75, 3.05) is 19.6 Å². The van der Waals surface area contributed by atoms with Gasteiger partial charge in [0.1, 0.15) is 42.3 Å². The molecule has 454 valence electrons. The second-order valence-corrected chi connectivity index (χ2v) is 21.6. The highest BCUT2D eigenvalue weighted by molar-refractivity contribution is 5.99. The molecule has 2 fully saturated rings. The van der Waals surface area contributed by atoms with E-state index in [9.17, 15) is 47.9 Å². The fourth-order valence-electron chi connectivity index (χ4n) is 10.4. The summed E-state index contributed by atoms with van der Waals surface area (Å²) in [7, 11) is 0. The van der Waals surface area contributed by atoms with Crippen molar-refractivity contribution in [1.29, 1.82) is 0 Å². The Morgan fingerprint density at radius 3 is 2.02 bits per heavy atom. The number of primary amides is 1. The molecule has 1 aliphatic heterocycles. The molecule has 3 heterocycles. The minimum absolute atomic E-state index is 0.00230. The Labute approximate surface area is 487 Å². The lowest BCUT2D eigenvalue weighted by Gasteiger charge is -2.28. The summed E-state index contributed by atoms with van der Waals surface area (Å²) in [6.45, 7) is 1.39. The Bertz CT molecular complexity index is 2890. The van der Waals surface area contributed by atoms with Crippen LogP contribution < -0.4 is 65.1 Å². The van der Waals surface area contributed by atoms with Gasteiger partial charge >= 0.3 is 0 Å². The van der Waals surface area contributed by atoms with Gasteiger partial charge in [0.25, 0.3) is 0 Å². The Morgan fingerprint density at radius 2 is 1.32 bits per heavy atom. The second-order valence-electron chi connectivity index (χ2n) is 21.6. The van der Waals surface area contributed by atoms with Crippen molar-refractivity contribution in [3.8, 4) is 0 Å². The molecule has 7 atom stereocenters. The van der Waals surface area contributed by atoms with Gasteiger partial charge in [0.2, 0.25) is 59.1 Å². The molecule has 1 saturated heterocycles. The zero-order chi connectivity index (χ0) is 60.4. The number of para-hydroxylation sites is 1. The molecule has 17 N–H and O–H groups in total. The fraction of sp³-hybridized carbons (Fsp3) is 0.517. The summed E-state index contributed by atoms with van der Waals surface area (Å²) in [6.07, 6.45) is 10.6. The Hall–Kier alpha value is -8.84. The van der Waals surface area contributed by atoms with E-state index in [-0.39, 0.29) is 83.4 Å². The number of carbonyl (C=O) groups is 10. The molecule has 2 aromatic heterocycles. The van der Waals surface area contributed by atoms with Crippen molar-refractivity contribution in [3.63, 3.8) is 0 Å². The van der Waals surface area contributed by atoms with Crippen LogP contribution in [0, 0.1) is 5.92 Å². The van der Waals surface area contributed by atoms with Gasteiger partial charge in [-0.2, -0.15) is 0 Å². The average Bonchev–Trinajstić information content (AvgIpc) is 4.31. The van der Waals surface area contributed by atoms with E-state index in [1.54, 1.807) is 36.5 Å². The molecule has 0 unspecified atom stereocenters. The number of guanidine groups is 1. The zero-order valence-corrected chi connectivity index (χ0v) is 47.6.